The summed E-state index contributed by atoms with van der Waals surface area (Å²) >= 11 is 0. The van der Waals surface area contributed by atoms with Crippen molar-refractivity contribution in [1.82, 2.24) is 0 Å². The third-order valence-electron chi connectivity index (χ3n) is 1.82. The maximum atomic E-state index is 9.20. The van der Waals surface area contributed by atoms with E-state index in [9.17, 15) is 5.11 Å². The Bertz CT molecular complexity index is 291. The van der Waals surface area contributed by atoms with E-state index in [0.29, 0.717) is 5.56 Å². The standard InChI is InChI=1S/C8H13N3O2/c9-3-6(11)4-1-5(10)8(13)7(12)2-4/h1-2,6,12-13H,3,9-11H2/t6-/m1/s1. The molecule has 0 unspecified atom stereocenters. The number of rotatable bonds is 2. The highest BCUT2D eigenvalue weighted by atomic mass is 16.3. The van der Waals surface area contributed by atoms with Gasteiger partial charge in [-0.25, -0.2) is 0 Å². The lowest BCUT2D eigenvalue weighted by Gasteiger charge is -2.11. The first-order chi connectivity index (χ1) is 6.06. The second-order valence-corrected chi connectivity index (χ2v) is 2.82. The summed E-state index contributed by atoms with van der Waals surface area (Å²) in [6, 6.07) is 2.46. The second-order valence-electron chi connectivity index (χ2n) is 2.82. The first-order valence-electron chi connectivity index (χ1n) is 3.83. The van der Waals surface area contributed by atoms with Crippen molar-refractivity contribution in [2.75, 3.05) is 12.3 Å². The highest BCUT2D eigenvalue weighted by Crippen LogP contribution is 2.33. The number of nitrogen functional groups attached to an aromatic ring is 1. The van der Waals surface area contributed by atoms with E-state index in [2.05, 4.69) is 0 Å². The Labute approximate surface area is 75.8 Å². The number of hydrogen-bond acceptors (Lipinski definition) is 5. The van der Waals surface area contributed by atoms with Gasteiger partial charge < -0.3 is 27.4 Å². The van der Waals surface area contributed by atoms with E-state index in [1.807, 2.05) is 0 Å². The van der Waals surface area contributed by atoms with Crippen LogP contribution < -0.4 is 17.2 Å². The third-order valence-corrected chi connectivity index (χ3v) is 1.82. The van der Waals surface area contributed by atoms with Gasteiger partial charge in [0.05, 0.1) is 5.69 Å². The van der Waals surface area contributed by atoms with Gasteiger partial charge in [-0.2, -0.15) is 0 Å². The lowest BCUT2D eigenvalue weighted by molar-refractivity contribution is 0.404. The van der Waals surface area contributed by atoms with Crippen LogP contribution in [-0.4, -0.2) is 16.8 Å². The molecule has 0 radical (unpaired) electrons. The van der Waals surface area contributed by atoms with Crippen LogP contribution in [0.15, 0.2) is 12.1 Å². The van der Waals surface area contributed by atoms with Crippen molar-refractivity contribution in [3.05, 3.63) is 17.7 Å². The third kappa shape index (κ3) is 1.82. The molecule has 0 spiro atoms. The Morgan fingerprint density at radius 1 is 1.31 bits per heavy atom. The van der Waals surface area contributed by atoms with Crippen LogP contribution in [0.2, 0.25) is 0 Å². The van der Waals surface area contributed by atoms with E-state index >= 15 is 0 Å². The quantitative estimate of drug-likeness (QED) is 0.317. The van der Waals surface area contributed by atoms with Gasteiger partial charge in [0.2, 0.25) is 0 Å². The van der Waals surface area contributed by atoms with Gasteiger partial charge in [0.1, 0.15) is 0 Å². The fourth-order valence-corrected chi connectivity index (χ4v) is 1.01. The fraction of sp³-hybridized carbons (Fsp3) is 0.250. The van der Waals surface area contributed by atoms with Crippen LogP contribution in [0.25, 0.3) is 0 Å². The average Bonchev–Trinajstić information content (AvgIpc) is 2.12. The van der Waals surface area contributed by atoms with Gasteiger partial charge in [-0.15, -0.1) is 0 Å². The SMILES string of the molecule is NC[C@@H](N)c1cc(N)c(O)c(O)c1. The molecule has 1 aromatic rings. The van der Waals surface area contributed by atoms with Gasteiger partial charge in [-0.1, -0.05) is 0 Å². The van der Waals surface area contributed by atoms with Crippen molar-refractivity contribution in [2.45, 2.75) is 6.04 Å². The molecule has 5 heteroatoms. The van der Waals surface area contributed by atoms with Crippen LogP contribution in [0, 0.1) is 0 Å². The predicted octanol–water partition coefficient (Wildman–Crippen LogP) is -0.362. The van der Waals surface area contributed by atoms with Gasteiger partial charge in [0, 0.05) is 12.6 Å². The molecule has 0 bridgehead atoms. The van der Waals surface area contributed by atoms with E-state index in [0.717, 1.165) is 0 Å². The summed E-state index contributed by atoms with van der Waals surface area (Å²) in [5, 5.41) is 18.3. The molecule has 0 aliphatic carbocycles. The van der Waals surface area contributed by atoms with Gasteiger partial charge >= 0.3 is 0 Å². The fourth-order valence-electron chi connectivity index (χ4n) is 1.01. The molecule has 0 fully saturated rings. The van der Waals surface area contributed by atoms with Crippen LogP contribution in [0.5, 0.6) is 11.5 Å². The molecule has 13 heavy (non-hydrogen) atoms. The summed E-state index contributed by atoms with van der Waals surface area (Å²) in [5.41, 5.74) is 17.1. The molecule has 8 N–H and O–H groups in total. The number of phenols is 2. The molecule has 0 saturated carbocycles. The zero-order chi connectivity index (χ0) is 10.0. The normalized spacial score (nSPS) is 12.8. The second kappa shape index (κ2) is 3.51. The summed E-state index contributed by atoms with van der Waals surface area (Å²) < 4.78 is 0. The molecule has 1 aromatic carbocycles. The van der Waals surface area contributed by atoms with Crippen molar-refractivity contribution in [1.29, 1.82) is 0 Å². The van der Waals surface area contributed by atoms with Crippen molar-refractivity contribution in [3.8, 4) is 11.5 Å². The van der Waals surface area contributed by atoms with Gasteiger partial charge in [0.15, 0.2) is 11.5 Å². The topological polar surface area (TPSA) is 119 Å². The van der Waals surface area contributed by atoms with Gasteiger partial charge in [0.25, 0.3) is 0 Å². The smallest absolute Gasteiger partial charge is 0.180 e. The summed E-state index contributed by atoms with van der Waals surface area (Å²) in [6.45, 7) is 0.254. The Hall–Kier alpha value is -1.46. The number of nitrogens with two attached hydrogens (primary N) is 3. The highest BCUT2D eigenvalue weighted by Gasteiger charge is 2.10. The van der Waals surface area contributed by atoms with Crippen molar-refractivity contribution in [3.63, 3.8) is 0 Å². The maximum absolute atomic E-state index is 9.20. The molecule has 0 aromatic heterocycles. The molecule has 0 saturated heterocycles. The van der Waals surface area contributed by atoms with E-state index < -0.39 is 0 Å². The van der Waals surface area contributed by atoms with E-state index in [4.69, 9.17) is 22.3 Å². The Morgan fingerprint density at radius 2 is 1.92 bits per heavy atom. The minimum atomic E-state index is -0.381. The zero-order valence-electron chi connectivity index (χ0n) is 7.07. The Morgan fingerprint density at radius 3 is 2.38 bits per heavy atom. The summed E-state index contributed by atoms with van der Waals surface area (Å²) in [5.74, 6) is -0.605. The zero-order valence-corrected chi connectivity index (χ0v) is 7.07. The number of benzene rings is 1. The van der Waals surface area contributed by atoms with Crippen molar-refractivity contribution >= 4 is 5.69 Å². The predicted molar refractivity (Wildman–Crippen MR) is 50.2 cm³/mol. The molecular formula is C8H13N3O2. The van der Waals surface area contributed by atoms with Crippen LogP contribution in [0.4, 0.5) is 5.69 Å². The largest absolute Gasteiger partial charge is 0.504 e. The minimum Gasteiger partial charge on any atom is -0.504 e. The van der Waals surface area contributed by atoms with Crippen LogP contribution >= 0.6 is 0 Å². The van der Waals surface area contributed by atoms with E-state index in [1.165, 1.54) is 12.1 Å². The lowest BCUT2D eigenvalue weighted by atomic mass is 10.1. The van der Waals surface area contributed by atoms with E-state index in [1.54, 1.807) is 0 Å². The molecule has 5 nitrogen and oxygen atoms in total. The molecule has 1 rings (SSSR count). The van der Waals surface area contributed by atoms with Gasteiger partial charge in [-0.05, 0) is 17.7 Å². The van der Waals surface area contributed by atoms with E-state index in [-0.39, 0.29) is 29.8 Å². The molecule has 0 heterocycles. The van der Waals surface area contributed by atoms with Crippen LogP contribution in [0.1, 0.15) is 11.6 Å². The molecule has 72 valence electrons. The van der Waals surface area contributed by atoms with Gasteiger partial charge in [-0.3, -0.25) is 0 Å². The summed E-state index contributed by atoms with van der Waals surface area (Å²) in [4.78, 5) is 0. The number of anilines is 1. The minimum absolute atomic E-state index is 0.0962. The van der Waals surface area contributed by atoms with Crippen molar-refractivity contribution < 1.29 is 10.2 Å². The summed E-state index contributed by atoms with van der Waals surface area (Å²) in [7, 11) is 0. The first-order valence-corrected chi connectivity index (χ1v) is 3.83. The van der Waals surface area contributed by atoms with Crippen LogP contribution in [0.3, 0.4) is 0 Å². The number of phenolic OH excluding ortho intramolecular Hbond substituents is 2. The molecular weight excluding hydrogens is 170 g/mol. The highest BCUT2D eigenvalue weighted by molar-refractivity contribution is 5.61. The van der Waals surface area contributed by atoms with Crippen molar-refractivity contribution in [2.24, 2.45) is 11.5 Å². The molecule has 1 atom stereocenters. The number of aromatic hydroxyl groups is 2. The Kier molecular flexibility index (Phi) is 2.60. The van der Waals surface area contributed by atoms with Crippen LogP contribution in [-0.2, 0) is 0 Å². The number of hydrogen-bond donors (Lipinski definition) is 5. The first kappa shape index (κ1) is 9.63. The Balaban J connectivity index is 3.13. The summed E-state index contributed by atoms with van der Waals surface area (Å²) in [6.07, 6.45) is 0. The monoisotopic (exact) mass is 183 g/mol. The molecule has 0 amide bonds. The maximum Gasteiger partial charge on any atom is 0.180 e. The molecule has 0 aliphatic heterocycles. The average molecular weight is 183 g/mol. The molecule has 0 aliphatic rings. The lowest BCUT2D eigenvalue weighted by Crippen LogP contribution is -2.20.